The number of benzene rings is 1. The van der Waals surface area contributed by atoms with Crippen LogP contribution < -0.4 is 15.0 Å². The predicted molar refractivity (Wildman–Crippen MR) is 75.4 cm³/mol. The number of quaternary nitrogens is 2. The van der Waals surface area contributed by atoms with Crippen molar-refractivity contribution >= 4 is 0 Å². The molecule has 0 spiro atoms. The van der Waals surface area contributed by atoms with Crippen molar-refractivity contribution in [3.63, 3.8) is 0 Å². The van der Waals surface area contributed by atoms with Gasteiger partial charge in [0, 0.05) is 5.56 Å². The molecule has 0 radical (unpaired) electrons. The van der Waals surface area contributed by atoms with E-state index >= 15 is 0 Å². The molecule has 0 bridgehead atoms. The van der Waals surface area contributed by atoms with Crippen molar-refractivity contribution in [3.05, 3.63) is 29.3 Å². The van der Waals surface area contributed by atoms with Gasteiger partial charge in [0.05, 0.1) is 25.3 Å². The summed E-state index contributed by atoms with van der Waals surface area (Å²) in [5.41, 5.74) is 2.99. The van der Waals surface area contributed by atoms with Crippen molar-refractivity contribution in [2.45, 2.75) is 38.8 Å². The van der Waals surface area contributed by atoms with E-state index in [2.05, 4.69) is 30.4 Å². The van der Waals surface area contributed by atoms with Crippen molar-refractivity contribution in [1.29, 1.82) is 0 Å². The van der Waals surface area contributed by atoms with E-state index in [1.54, 1.807) is 4.90 Å². The number of nitrogens with one attached hydrogen (secondary N) is 1. The minimum absolute atomic E-state index is 0.631. The summed E-state index contributed by atoms with van der Waals surface area (Å²) in [6.07, 6.45) is 4.19. The van der Waals surface area contributed by atoms with Gasteiger partial charge in [0.15, 0.2) is 6.04 Å². The Balaban J connectivity index is 1.92. The van der Waals surface area contributed by atoms with Crippen LogP contribution in [0.3, 0.4) is 0 Å². The number of piperidine rings is 1. The molecule has 0 amide bonds. The zero-order valence-electron chi connectivity index (χ0n) is 12.0. The van der Waals surface area contributed by atoms with Crippen molar-refractivity contribution < 1.29 is 15.0 Å². The minimum atomic E-state index is 0.631. The Labute approximate surface area is 115 Å². The standard InChI is InChI=1S/C16H24N2O/c1-2-19-15-8-6-7-13-11-17-12-14(16(13)15)18-9-4-3-5-10-18/h6-8,14,17H,2-5,9-12H2,1H3/p+2/t14-/m1/s1. The first-order chi connectivity index (χ1) is 9.40. The maximum absolute atomic E-state index is 5.90. The van der Waals surface area contributed by atoms with Gasteiger partial charge < -0.3 is 15.0 Å². The summed E-state index contributed by atoms with van der Waals surface area (Å²) in [7, 11) is 0. The van der Waals surface area contributed by atoms with Crippen LogP contribution in [0.15, 0.2) is 18.2 Å². The van der Waals surface area contributed by atoms with Crippen LogP contribution >= 0.6 is 0 Å². The van der Waals surface area contributed by atoms with Gasteiger partial charge in [-0.05, 0) is 32.3 Å². The second-order valence-electron chi connectivity index (χ2n) is 5.76. The zero-order valence-corrected chi connectivity index (χ0v) is 12.0. The molecule has 0 aromatic heterocycles. The molecule has 3 rings (SSSR count). The van der Waals surface area contributed by atoms with Crippen molar-refractivity contribution in [1.82, 2.24) is 0 Å². The number of hydrogen-bond donors (Lipinski definition) is 2. The first-order valence-corrected chi connectivity index (χ1v) is 7.81. The number of rotatable bonds is 3. The third kappa shape index (κ3) is 2.63. The van der Waals surface area contributed by atoms with Crippen LogP contribution in [-0.4, -0.2) is 26.2 Å². The van der Waals surface area contributed by atoms with Gasteiger partial charge in [0.25, 0.3) is 0 Å². The van der Waals surface area contributed by atoms with Gasteiger partial charge in [0.2, 0.25) is 0 Å². The fraction of sp³-hybridized carbons (Fsp3) is 0.625. The van der Waals surface area contributed by atoms with Crippen LogP contribution in [-0.2, 0) is 6.54 Å². The number of hydrogen-bond acceptors (Lipinski definition) is 1. The molecular weight excluding hydrogens is 236 g/mol. The first-order valence-electron chi connectivity index (χ1n) is 7.81. The molecule has 2 heterocycles. The van der Waals surface area contributed by atoms with Crippen molar-refractivity contribution in [2.24, 2.45) is 0 Å². The Hall–Kier alpha value is -1.06. The average Bonchev–Trinajstić information content (AvgIpc) is 2.48. The SMILES string of the molecule is CCOc1cccc2c1[C@H]([NH+]1CCCCC1)C[NH2+]C2. The van der Waals surface area contributed by atoms with Crippen molar-refractivity contribution in [3.8, 4) is 5.75 Å². The van der Waals surface area contributed by atoms with Crippen molar-refractivity contribution in [2.75, 3.05) is 26.2 Å². The van der Waals surface area contributed by atoms with Gasteiger partial charge in [0.1, 0.15) is 18.8 Å². The Bertz CT molecular complexity index is 427. The largest absolute Gasteiger partial charge is 0.493 e. The Kier molecular flexibility index (Phi) is 4.04. The normalized spacial score (nSPS) is 23.9. The lowest BCUT2D eigenvalue weighted by Gasteiger charge is -2.34. The third-order valence-corrected chi connectivity index (χ3v) is 4.56. The van der Waals surface area contributed by atoms with E-state index in [0.29, 0.717) is 6.04 Å². The molecule has 1 atom stereocenters. The highest BCUT2D eigenvalue weighted by Crippen LogP contribution is 2.28. The van der Waals surface area contributed by atoms with Gasteiger partial charge in [-0.15, -0.1) is 0 Å². The quantitative estimate of drug-likeness (QED) is 0.805. The maximum Gasteiger partial charge on any atom is 0.167 e. The smallest absolute Gasteiger partial charge is 0.167 e. The molecule has 104 valence electrons. The van der Waals surface area contributed by atoms with Crippen LogP contribution in [0.1, 0.15) is 43.4 Å². The average molecular weight is 262 g/mol. The number of fused-ring (bicyclic) bond motifs is 1. The van der Waals surface area contributed by atoms with Gasteiger partial charge in [-0.25, -0.2) is 0 Å². The second kappa shape index (κ2) is 5.93. The number of ether oxygens (including phenoxy) is 1. The highest BCUT2D eigenvalue weighted by atomic mass is 16.5. The van der Waals surface area contributed by atoms with Crippen LogP contribution in [0.5, 0.6) is 5.75 Å². The molecule has 1 aromatic carbocycles. The monoisotopic (exact) mass is 262 g/mol. The van der Waals surface area contributed by atoms with Crippen LogP contribution in [0, 0.1) is 0 Å². The summed E-state index contributed by atoms with van der Waals surface area (Å²) in [6, 6.07) is 7.21. The van der Waals surface area contributed by atoms with Crippen LogP contribution in [0.4, 0.5) is 0 Å². The zero-order chi connectivity index (χ0) is 13.1. The van der Waals surface area contributed by atoms with E-state index in [-0.39, 0.29) is 0 Å². The van der Waals surface area contributed by atoms with E-state index in [9.17, 15) is 0 Å². The lowest BCUT2D eigenvalue weighted by atomic mass is 9.93. The minimum Gasteiger partial charge on any atom is -0.493 e. The molecule has 1 aromatic rings. The topological polar surface area (TPSA) is 30.3 Å². The molecule has 3 N–H and O–H groups in total. The highest BCUT2D eigenvalue weighted by Gasteiger charge is 2.34. The second-order valence-corrected chi connectivity index (χ2v) is 5.76. The lowest BCUT2D eigenvalue weighted by molar-refractivity contribution is -0.952. The van der Waals surface area contributed by atoms with E-state index in [4.69, 9.17) is 4.74 Å². The Morgan fingerprint density at radius 2 is 2.11 bits per heavy atom. The molecule has 0 saturated carbocycles. The first kappa shape index (κ1) is 12.9. The summed E-state index contributed by atoms with van der Waals surface area (Å²) in [5.74, 6) is 1.14. The van der Waals surface area contributed by atoms with Gasteiger partial charge in [-0.2, -0.15) is 0 Å². The molecule has 2 aliphatic rings. The lowest BCUT2D eigenvalue weighted by Crippen LogP contribution is -3.16. The summed E-state index contributed by atoms with van der Waals surface area (Å²) in [6.45, 7) is 7.84. The summed E-state index contributed by atoms with van der Waals surface area (Å²) in [4.78, 5) is 1.77. The highest BCUT2D eigenvalue weighted by molar-refractivity contribution is 5.42. The molecule has 3 nitrogen and oxygen atoms in total. The molecule has 3 heteroatoms. The third-order valence-electron chi connectivity index (χ3n) is 4.56. The summed E-state index contributed by atoms with van der Waals surface area (Å²) < 4.78 is 5.90. The molecule has 0 aliphatic carbocycles. The Morgan fingerprint density at radius 1 is 1.26 bits per heavy atom. The van der Waals surface area contributed by atoms with Gasteiger partial charge in [-0.1, -0.05) is 12.1 Å². The summed E-state index contributed by atoms with van der Waals surface area (Å²) in [5, 5.41) is 2.46. The van der Waals surface area contributed by atoms with E-state index in [1.807, 2.05) is 0 Å². The molecular formula is C16H26N2O+2. The molecule has 1 fully saturated rings. The Morgan fingerprint density at radius 3 is 2.89 bits per heavy atom. The van der Waals surface area contributed by atoms with Crippen LogP contribution in [0.2, 0.25) is 0 Å². The van der Waals surface area contributed by atoms with Crippen LogP contribution in [0.25, 0.3) is 0 Å². The van der Waals surface area contributed by atoms with E-state index < -0.39 is 0 Å². The summed E-state index contributed by atoms with van der Waals surface area (Å²) >= 11 is 0. The fourth-order valence-electron chi connectivity index (χ4n) is 3.69. The predicted octanol–water partition coefficient (Wildman–Crippen LogP) is 0.272. The molecule has 19 heavy (non-hydrogen) atoms. The van der Waals surface area contributed by atoms with Gasteiger partial charge in [-0.3, -0.25) is 0 Å². The molecule has 1 saturated heterocycles. The van der Waals surface area contributed by atoms with E-state index in [1.165, 1.54) is 50.0 Å². The fourth-order valence-corrected chi connectivity index (χ4v) is 3.69. The van der Waals surface area contributed by atoms with E-state index in [0.717, 1.165) is 18.9 Å². The number of nitrogens with two attached hydrogens (primary N) is 1. The molecule has 2 aliphatic heterocycles. The number of likely N-dealkylation sites (tertiary alicyclic amines) is 1. The molecule has 0 unspecified atom stereocenters. The maximum atomic E-state index is 5.90. The van der Waals surface area contributed by atoms with Gasteiger partial charge >= 0.3 is 0 Å².